The summed E-state index contributed by atoms with van der Waals surface area (Å²) in [7, 11) is 1.72. The van der Waals surface area contributed by atoms with Crippen molar-refractivity contribution >= 4 is 36.0 Å². The summed E-state index contributed by atoms with van der Waals surface area (Å²) >= 11 is 0. The molecule has 33 heavy (non-hydrogen) atoms. The van der Waals surface area contributed by atoms with E-state index < -0.39 is 17.2 Å². The fourth-order valence-corrected chi connectivity index (χ4v) is 3.18. The number of nitrogens with one attached hydrogen (secondary N) is 3. The molecular weight excluding hydrogens is 533 g/mol. The van der Waals surface area contributed by atoms with Crippen LogP contribution in [0.3, 0.4) is 0 Å². The second kappa shape index (κ2) is 12.8. The van der Waals surface area contributed by atoms with Gasteiger partial charge in [-0.25, -0.2) is 14.8 Å². The molecule has 2 aromatic heterocycles. The van der Waals surface area contributed by atoms with Gasteiger partial charge in [0.05, 0.1) is 5.54 Å². The number of aryl methyl sites for hydroxylation is 1. The van der Waals surface area contributed by atoms with Crippen LogP contribution in [0.5, 0.6) is 0 Å². The number of alkyl carbamates (subject to hydrolysis) is 1. The third-order valence-electron chi connectivity index (χ3n) is 5.28. The van der Waals surface area contributed by atoms with Gasteiger partial charge in [-0.15, -0.1) is 24.0 Å². The summed E-state index contributed by atoms with van der Waals surface area (Å²) in [6.07, 6.45) is 6.58. The summed E-state index contributed by atoms with van der Waals surface area (Å²) in [4.78, 5) is 25.4. The van der Waals surface area contributed by atoms with Crippen molar-refractivity contribution in [2.24, 2.45) is 4.99 Å². The molecule has 0 saturated carbocycles. The number of carbonyl (C=O) groups excluding carboxylic acids is 1. The number of aromatic nitrogens is 3. The quantitative estimate of drug-likeness (QED) is 0.252. The van der Waals surface area contributed by atoms with Crippen molar-refractivity contribution in [2.45, 2.75) is 72.1 Å². The van der Waals surface area contributed by atoms with E-state index in [9.17, 15) is 4.79 Å². The van der Waals surface area contributed by atoms with Gasteiger partial charge >= 0.3 is 6.09 Å². The highest BCUT2D eigenvalue weighted by atomic mass is 127. The van der Waals surface area contributed by atoms with Crippen molar-refractivity contribution in [1.82, 2.24) is 30.5 Å². The summed E-state index contributed by atoms with van der Waals surface area (Å²) in [5.41, 5.74) is 0.0486. The third-order valence-corrected chi connectivity index (χ3v) is 5.28. The zero-order valence-electron chi connectivity index (χ0n) is 20.7. The Morgan fingerprint density at radius 3 is 2.33 bits per heavy atom. The average Bonchev–Trinajstić information content (AvgIpc) is 3.18. The first kappa shape index (κ1) is 28.7. The molecule has 0 fully saturated rings. The number of rotatable bonds is 8. The van der Waals surface area contributed by atoms with E-state index in [4.69, 9.17) is 4.74 Å². The van der Waals surface area contributed by atoms with Crippen LogP contribution < -0.4 is 16.0 Å². The topological polar surface area (TPSA) is 105 Å². The summed E-state index contributed by atoms with van der Waals surface area (Å²) in [5.74, 6) is 2.37. The molecule has 10 heteroatoms. The summed E-state index contributed by atoms with van der Waals surface area (Å²) in [5, 5.41) is 9.67. The van der Waals surface area contributed by atoms with Crippen LogP contribution in [-0.4, -0.2) is 51.3 Å². The van der Waals surface area contributed by atoms with E-state index in [0.717, 1.165) is 30.0 Å². The number of nitrogens with zero attached hydrogens (tertiary/aromatic N) is 4. The van der Waals surface area contributed by atoms with Gasteiger partial charge in [0.2, 0.25) is 0 Å². The maximum Gasteiger partial charge on any atom is 0.408 e. The molecule has 9 nitrogen and oxygen atoms in total. The first-order valence-corrected chi connectivity index (χ1v) is 11.0. The Bertz CT molecular complexity index is 900. The Morgan fingerprint density at radius 1 is 1.15 bits per heavy atom. The Labute approximate surface area is 214 Å². The summed E-state index contributed by atoms with van der Waals surface area (Å²) < 4.78 is 7.38. The molecule has 0 saturated heterocycles. The van der Waals surface area contributed by atoms with E-state index >= 15 is 0 Å². The zero-order valence-corrected chi connectivity index (χ0v) is 23.1. The number of pyridine rings is 1. The van der Waals surface area contributed by atoms with Crippen LogP contribution in [0.1, 0.15) is 58.8 Å². The Kier molecular flexibility index (Phi) is 11.1. The third kappa shape index (κ3) is 8.82. The number of hydrogen-bond donors (Lipinski definition) is 3. The van der Waals surface area contributed by atoms with Crippen molar-refractivity contribution in [1.29, 1.82) is 0 Å². The highest BCUT2D eigenvalue weighted by molar-refractivity contribution is 14.0. The normalized spacial score (nSPS) is 12.0. The second-order valence-corrected chi connectivity index (χ2v) is 8.76. The maximum atomic E-state index is 12.3. The number of halogens is 1. The van der Waals surface area contributed by atoms with Gasteiger partial charge in [0.15, 0.2) is 5.96 Å². The summed E-state index contributed by atoms with van der Waals surface area (Å²) in [6.45, 7) is 12.7. The number of aliphatic imine (C=N–C) groups is 1. The average molecular weight is 572 g/mol. The number of ether oxygens (including phenoxy) is 1. The number of carbonyl (C=O) groups is 1. The van der Waals surface area contributed by atoms with Gasteiger partial charge in [-0.1, -0.05) is 19.9 Å². The predicted molar refractivity (Wildman–Crippen MR) is 142 cm³/mol. The molecule has 0 unspecified atom stereocenters. The van der Waals surface area contributed by atoms with Crippen molar-refractivity contribution in [3.63, 3.8) is 0 Å². The van der Waals surface area contributed by atoms with Gasteiger partial charge in [0.1, 0.15) is 17.2 Å². The van der Waals surface area contributed by atoms with Crippen molar-refractivity contribution in [3.05, 3.63) is 42.1 Å². The standard InChI is InChI=1S/C23H37N7O2.HI/c1-8-23(9-2,29-21(31)32-22(4,5)6)16-28-20(24-7)27-15-18-10-11-19(26-14-18)30-13-12-25-17(30)3;/h10-14H,8-9,15-16H2,1-7H3,(H,29,31)(H2,24,27,28);1H. The number of guanidine groups is 1. The van der Waals surface area contributed by atoms with E-state index in [-0.39, 0.29) is 24.0 Å². The number of hydrogen-bond acceptors (Lipinski definition) is 5. The van der Waals surface area contributed by atoms with Crippen LogP contribution in [0.25, 0.3) is 5.82 Å². The monoisotopic (exact) mass is 571 g/mol. The van der Waals surface area contributed by atoms with Crippen LogP contribution in [0.2, 0.25) is 0 Å². The Balaban J connectivity index is 0.00000544. The molecule has 0 aliphatic heterocycles. The lowest BCUT2D eigenvalue weighted by Gasteiger charge is -2.34. The van der Waals surface area contributed by atoms with Crippen LogP contribution in [0.4, 0.5) is 4.79 Å². The van der Waals surface area contributed by atoms with E-state index in [1.54, 1.807) is 13.2 Å². The van der Waals surface area contributed by atoms with Crippen LogP contribution in [0, 0.1) is 6.92 Å². The molecule has 0 aliphatic carbocycles. The van der Waals surface area contributed by atoms with E-state index in [1.807, 2.05) is 70.6 Å². The molecule has 0 radical (unpaired) electrons. The predicted octanol–water partition coefficient (Wildman–Crippen LogP) is 3.94. The molecule has 0 bridgehead atoms. The van der Waals surface area contributed by atoms with Crippen LogP contribution in [-0.2, 0) is 11.3 Å². The van der Waals surface area contributed by atoms with E-state index in [2.05, 4.69) is 30.9 Å². The molecule has 1 amide bonds. The Morgan fingerprint density at radius 2 is 1.85 bits per heavy atom. The fraction of sp³-hybridized carbons (Fsp3) is 0.565. The smallest absolute Gasteiger partial charge is 0.408 e. The van der Waals surface area contributed by atoms with E-state index in [0.29, 0.717) is 19.0 Å². The van der Waals surface area contributed by atoms with E-state index in [1.165, 1.54) is 0 Å². The highest BCUT2D eigenvalue weighted by Crippen LogP contribution is 2.16. The molecule has 0 aliphatic rings. The first-order chi connectivity index (χ1) is 15.1. The van der Waals surface area contributed by atoms with Crippen LogP contribution in [0.15, 0.2) is 35.7 Å². The van der Waals surface area contributed by atoms with Crippen LogP contribution >= 0.6 is 24.0 Å². The minimum atomic E-state index is -0.539. The molecule has 2 rings (SSSR count). The van der Waals surface area contributed by atoms with Crippen molar-refractivity contribution in [2.75, 3.05) is 13.6 Å². The Hall–Kier alpha value is -2.37. The first-order valence-electron chi connectivity index (χ1n) is 11.0. The summed E-state index contributed by atoms with van der Waals surface area (Å²) in [6, 6.07) is 3.99. The minimum Gasteiger partial charge on any atom is -0.444 e. The minimum absolute atomic E-state index is 0. The fourth-order valence-electron chi connectivity index (χ4n) is 3.18. The van der Waals surface area contributed by atoms with Gasteiger partial charge in [0.25, 0.3) is 0 Å². The van der Waals surface area contributed by atoms with Gasteiger partial charge < -0.3 is 20.7 Å². The lowest BCUT2D eigenvalue weighted by Crippen LogP contribution is -2.57. The molecule has 2 aromatic rings. The van der Waals surface area contributed by atoms with Gasteiger partial charge in [0, 0.05) is 38.7 Å². The lowest BCUT2D eigenvalue weighted by atomic mass is 9.93. The molecular formula is C23H38IN7O2. The highest BCUT2D eigenvalue weighted by Gasteiger charge is 2.30. The number of imidazole rings is 1. The molecule has 0 spiro atoms. The number of amides is 1. The SMILES string of the molecule is CCC(CC)(CNC(=NC)NCc1ccc(-n2ccnc2C)nc1)NC(=O)OC(C)(C)C.I. The molecule has 0 atom stereocenters. The van der Waals surface area contributed by atoms with Crippen molar-refractivity contribution in [3.8, 4) is 5.82 Å². The second-order valence-electron chi connectivity index (χ2n) is 8.76. The van der Waals surface area contributed by atoms with Gasteiger partial charge in [-0.05, 0) is 52.2 Å². The lowest BCUT2D eigenvalue weighted by molar-refractivity contribution is 0.0448. The molecule has 0 aromatic carbocycles. The molecule has 3 N–H and O–H groups in total. The zero-order chi connectivity index (χ0) is 23.8. The molecule has 184 valence electrons. The van der Waals surface area contributed by atoms with Gasteiger partial charge in [-0.3, -0.25) is 9.56 Å². The maximum absolute atomic E-state index is 12.3. The molecule has 2 heterocycles. The largest absolute Gasteiger partial charge is 0.444 e. The van der Waals surface area contributed by atoms with Gasteiger partial charge in [-0.2, -0.15) is 0 Å². The van der Waals surface area contributed by atoms with Crippen molar-refractivity contribution < 1.29 is 9.53 Å².